The number of hydrogen-bond donors (Lipinski definition) is 2. The summed E-state index contributed by atoms with van der Waals surface area (Å²) in [5.41, 5.74) is 1.49. The van der Waals surface area contributed by atoms with Gasteiger partial charge in [0.1, 0.15) is 6.54 Å². The van der Waals surface area contributed by atoms with Crippen molar-refractivity contribution < 1.29 is 9.59 Å². The highest BCUT2D eigenvalue weighted by atomic mass is 16.2. The molecule has 124 valence electrons. The molecule has 1 atom stereocenters. The van der Waals surface area contributed by atoms with Gasteiger partial charge in [0, 0.05) is 6.04 Å². The monoisotopic (exact) mass is 315 g/mol. The SMILES string of the molecule is CC(NC1CCCCCC1)C(=O)N1CC(=O)Nc2ccccc21. The molecule has 0 radical (unpaired) electrons. The number of amides is 2. The van der Waals surface area contributed by atoms with Crippen molar-refractivity contribution in [2.24, 2.45) is 0 Å². The number of fused-ring (bicyclic) bond motifs is 1. The third kappa shape index (κ3) is 3.72. The van der Waals surface area contributed by atoms with Crippen LogP contribution >= 0.6 is 0 Å². The first-order valence-electron chi connectivity index (χ1n) is 8.61. The van der Waals surface area contributed by atoms with Gasteiger partial charge in [-0.2, -0.15) is 0 Å². The molecular formula is C18H25N3O2. The van der Waals surface area contributed by atoms with Gasteiger partial charge in [-0.3, -0.25) is 14.5 Å². The zero-order chi connectivity index (χ0) is 16.2. The summed E-state index contributed by atoms with van der Waals surface area (Å²) in [6, 6.07) is 7.59. The number of para-hydroxylation sites is 2. The number of nitrogens with one attached hydrogen (secondary N) is 2. The Morgan fingerprint density at radius 2 is 1.91 bits per heavy atom. The first-order valence-corrected chi connectivity index (χ1v) is 8.61. The van der Waals surface area contributed by atoms with E-state index in [1.54, 1.807) is 4.90 Å². The lowest BCUT2D eigenvalue weighted by Gasteiger charge is -2.32. The summed E-state index contributed by atoms with van der Waals surface area (Å²) < 4.78 is 0. The van der Waals surface area contributed by atoms with Crippen molar-refractivity contribution in [3.8, 4) is 0 Å². The topological polar surface area (TPSA) is 61.4 Å². The van der Waals surface area contributed by atoms with Crippen LogP contribution in [0, 0.1) is 0 Å². The zero-order valence-electron chi connectivity index (χ0n) is 13.7. The van der Waals surface area contributed by atoms with Gasteiger partial charge in [0.2, 0.25) is 11.8 Å². The molecule has 0 spiro atoms. The Labute approximate surface area is 137 Å². The molecule has 1 fully saturated rings. The average molecular weight is 315 g/mol. The smallest absolute Gasteiger partial charge is 0.244 e. The van der Waals surface area contributed by atoms with E-state index >= 15 is 0 Å². The highest BCUT2D eigenvalue weighted by Gasteiger charge is 2.30. The van der Waals surface area contributed by atoms with Crippen LogP contribution in [0.2, 0.25) is 0 Å². The molecule has 1 aliphatic heterocycles. The molecule has 1 aromatic carbocycles. The molecule has 1 aliphatic carbocycles. The Morgan fingerprint density at radius 3 is 2.65 bits per heavy atom. The molecule has 1 saturated carbocycles. The second-order valence-corrected chi connectivity index (χ2v) is 6.57. The maximum absolute atomic E-state index is 12.8. The van der Waals surface area contributed by atoms with Gasteiger partial charge in [0.25, 0.3) is 0 Å². The van der Waals surface area contributed by atoms with Crippen LogP contribution in [-0.4, -0.2) is 30.4 Å². The molecule has 2 N–H and O–H groups in total. The van der Waals surface area contributed by atoms with E-state index in [2.05, 4.69) is 10.6 Å². The minimum Gasteiger partial charge on any atom is -0.323 e. The number of carbonyl (C=O) groups excluding carboxylic acids is 2. The van der Waals surface area contributed by atoms with Crippen LogP contribution in [0.4, 0.5) is 11.4 Å². The van der Waals surface area contributed by atoms with Crippen molar-refractivity contribution in [2.75, 3.05) is 16.8 Å². The van der Waals surface area contributed by atoms with Crippen LogP contribution < -0.4 is 15.5 Å². The molecule has 1 unspecified atom stereocenters. The summed E-state index contributed by atoms with van der Waals surface area (Å²) in [5.74, 6) is -0.171. The summed E-state index contributed by atoms with van der Waals surface area (Å²) in [6.07, 6.45) is 7.31. The van der Waals surface area contributed by atoms with E-state index in [0.717, 1.165) is 18.5 Å². The van der Waals surface area contributed by atoms with Crippen LogP contribution in [0.25, 0.3) is 0 Å². The van der Waals surface area contributed by atoms with E-state index in [0.29, 0.717) is 11.7 Å². The Balaban J connectivity index is 1.70. The average Bonchev–Trinajstić information content (AvgIpc) is 2.82. The molecule has 2 amide bonds. The van der Waals surface area contributed by atoms with Gasteiger partial charge < -0.3 is 10.6 Å². The van der Waals surface area contributed by atoms with Gasteiger partial charge in [0.05, 0.1) is 17.4 Å². The summed E-state index contributed by atoms with van der Waals surface area (Å²) in [6.45, 7) is 1.99. The molecule has 1 aromatic rings. The summed E-state index contributed by atoms with van der Waals surface area (Å²) in [7, 11) is 0. The molecule has 5 nitrogen and oxygen atoms in total. The van der Waals surface area contributed by atoms with Crippen LogP contribution in [0.15, 0.2) is 24.3 Å². The van der Waals surface area contributed by atoms with E-state index in [9.17, 15) is 9.59 Å². The first kappa shape index (κ1) is 16.0. The van der Waals surface area contributed by atoms with Gasteiger partial charge >= 0.3 is 0 Å². The lowest BCUT2D eigenvalue weighted by Crippen LogP contribution is -2.52. The van der Waals surface area contributed by atoms with Crippen molar-refractivity contribution in [1.82, 2.24) is 5.32 Å². The van der Waals surface area contributed by atoms with E-state index in [-0.39, 0.29) is 24.4 Å². The predicted molar refractivity (Wildman–Crippen MR) is 91.5 cm³/mol. The van der Waals surface area contributed by atoms with Crippen LogP contribution in [0.3, 0.4) is 0 Å². The molecule has 3 rings (SSSR count). The zero-order valence-corrected chi connectivity index (χ0v) is 13.7. The fourth-order valence-corrected chi connectivity index (χ4v) is 3.53. The quantitative estimate of drug-likeness (QED) is 0.843. The predicted octanol–water partition coefficient (Wildman–Crippen LogP) is 2.67. The van der Waals surface area contributed by atoms with E-state index in [1.807, 2.05) is 31.2 Å². The second kappa shape index (κ2) is 7.13. The van der Waals surface area contributed by atoms with Crippen molar-refractivity contribution >= 4 is 23.2 Å². The Morgan fingerprint density at radius 1 is 1.22 bits per heavy atom. The normalized spacial score (nSPS) is 20.4. The number of rotatable bonds is 3. The fourth-order valence-electron chi connectivity index (χ4n) is 3.53. The van der Waals surface area contributed by atoms with E-state index in [4.69, 9.17) is 0 Å². The van der Waals surface area contributed by atoms with Crippen molar-refractivity contribution in [2.45, 2.75) is 57.5 Å². The van der Waals surface area contributed by atoms with Crippen molar-refractivity contribution in [1.29, 1.82) is 0 Å². The number of hydrogen-bond acceptors (Lipinski definition) is 3. The molecule has 5 heteroatoms. The lowest BCUT2D eigenvalue weighted by atomic mass is 10.1. The van der Waals surface area contributed by atoms with Gasteiger partial charge in [-0.1, -0.05) is 37.8 Å². The molecule has 0 aromatic heterocycles. The number of benzene rings is 1. The highest BCUT2D eigenvalue weighted by Crippen LogP contribution is 2.29. The van der Waals surface area contributed by atoms with Crippen molar-refractivity contribution in [3.05, 3.63) is 24.3 Å². The molecule has 0 bridgehead atoms. The van der Waals surface area contributed by atoms with Gasteiger partial charge in [-0.05, 0) is 31.9 Å². The third-order valence-electron chi connectivity index (χ3n) is 4.75. The van der Waals surface area contributed by atoms with Crippen LogP contribution in [0.5, 0.6) is 0 Å². The lowest BCUT2D eigenvalue weighted by molar-refractivity contribution is -0.123. The third-order valence-corrected chi connectivity index (χ3v) is 4.75. The number of anilines is 2. The van der Waals surface area contributed by atoms with Gasteiger partial charge in [-0.15, -0.1) is 0 Å². The Kier molecular flexibility index (Phi) is 4.96. The molecule has 1 heterocycles. The summed E-state index contributed by atoms with van der Waals surface area (Å²) >= 11 is 0. The molecule has 23 heavy (non-hydrogen) atoms. The fraction of sp³-hybridized carbons (Fsp3) is 0.556. The molecular weight excluding hydrogens is 290 g/mol. The van der Waals surface area contributed by atoms with Gasteiger partial charge in [0.15, 0.2) is 0 Å². The van der Waals surface area contributed by atoms with Crippen LogP contribution in [-0.2, 0) is 9.59 Å². The maximum Gasteiger partial charge on any atom is 0.244 e. The second-order valence-electron chi connectivity index (χ2n) is 6.57. The van der Waals surface area contributed by atoms with E-state index in [1.165, 1.54) is 25.7 Å². The van der Waals surface area contributed by atoms with Crippen LogP contribution in [0.1, 0.15) is 45.4 Å². The largest absolute Gasteiger partial charge is 0.323 e. The van der Waals surface area contributed by atoms with Gasteiger partial charge in [-0.25, -0.2) is 0 Å². The Bertz CT molecular complexity index is 579. The van der Waals surface area contributed by atoms with Crippen molar-refractivity contribution in [3.63, 3.8) is 0 Å². The molecule has 2 aliphatic rings. The summed E-state index contributed by atoms with van der Waals surface area (Å²) in [4.78, 5) is 26.3. The Hall–Kier alpha value is -1.88. The minimum absolute atomic E-state index is 0.0310. The molecule has 0 saturated heterocycles. The van der Waals surface area contributed by atoms with E-state index < -0.39 is 0 Å². The standard InChI is InChI=1S/C18H25N3O2/c1-13(19-14-8-4-2-3-5-9-14)18(23)21-12-17(22)20-15-10-6-7-11-16(15)21/h6-7,10-11,13-14,19H,2-5,8-9,12H2,1H3,(H,20,22). The number of carbonyl (C=O) groups is 2. The highest BCUT2D eigenvalue weighted by molar-refractivity contribution is 6.11. The maximum atomic E-state index is 12.8. The minimum atomic E-state index is -0.281. The first-order chi connectivity index (χ1) is 11.1. The number of nitrogens with zero attached hydrogens (tertiary/aromatic N) is 1. The summed E-state index contributed by atoms with van der Waals surface area (Å²) in [5, 5.41) is 6.30.